The number of para-hydroxylation sites is 4. The first-order valence-corrected chi connectivity index (χ1v) is 25.1. The van der Waals surface area contributed by atoms with Gasteiger partial charge in [-0.05, 0) is 164 Å². The molecule has 0 atom stereocenters. The van der Waals surface area contributed by atoms with Crippen molar-refractivity contribution >= 4 is 55.9 Å². The fraction of sp³-hybridized carbons (Fsp3) is 0.152. The van der Waals surface area contributed by atoms with E-state index < -0.39 is 0 Å². The van der Waals surface area contributed by atoms with Crippen LogP contribution in [0.25, 0.3) is 27.5 Å². The zero-order chi connectivity index (χ0) is 47.2. The highest BCUT2D eigenvalue weighted by Gasteiger charge is 2.35. The normalized spacial score (nSPS) is 16.8. The van der Waals surface area contributed by atoms with Crippen molar-refractivity contribution in [3.05, 3.63) is 269 Å². The zero-order valence-electron chi connectivity index (χ0n) is 40.4. The number of hydrogen-bond donors (Lipinski definition) is 0. The van der Waals surface area contributed by atoms with Gasteiger partial charge in [0.2, 0.25) is 0 Å². The van der Waals surface area contributed by atoms with Gasteiger partial charge in [-0.3, -0.25) is 0 Å². The smallest absolute Gasteiger partial charge is 0.0561 e. The van der Waals surface area contributed by atoms with Gasteiger partial charge in [0.25, 0.3) is 0 Å². The van der Waals surface area contributed by atoms with E-state index in [0.29, 0.717) is 0 Å². The molecule has 3 aliphatic carbocycles. The first-order valence-electron chi connectivity index (χ1n) is 25.1. The lowest BCUT2D eigenvalue weighted by Crippen LogP contribution is -2.19. The second kappa shape index (κ2) is 18.1. The van der Waals surface area contributed by atoms with E-state index in [1.807, 2.05) is 0 Å². The molecule has 2 heterocycles. The van der Waals surface area contributed by atoms with Gasteiger partial charge in [0.1, 0.15) is 0 Å². The molecule has 0 fully saturated rings. The van der Waals surface area contributed by atoms with Gasteiger partial charge in [-0.25, -0.2) is 0 Å². The number of anilines is 6. The summed E-state index contributed by atoms with van der Waals surface area (Å²) in [5.74, 6) is 0. The minimum atomic E-state index is -0.0301. The average Bonchev–Trinajstić information content (AvgIpc) is 3.98. The Morgan fingerprint density at radius 2 is 1.23 bits per heavy atom. The first kappa shape index (κ1) is 43.2. The second-order valence-corrected chi connectivity index (χ2v) is 19.5. The lowest BCUT2D eigenvalue weighted by molar-refractivity contribution is 0.644. The van der Waals surface area contributed by atoms with Crippen molar-refractivity contribution in [3.63, 3.8) is 0 Å². The van der Waals surface area contributed by atoms with Crippen LogP contribution in [0.1, 0.15) is 56.7 Å². The summed E-state index contributed by atoms with van der Waals surface area (Å²) in [5.41, 5.74) is 21.6. The van der Waals surface area contributed by atoms with Gasteiger partial charge in [-0.15, -0.1) is 0 Å². The topological polar surface area (TPSA) is 14.7 Å². The molecule has 0 bridgehead atoms. The van der Waals surface area contributed by atoms with E-state index in [1.54, 1.807) is 0 Å². The summed E-state index contributed by atoms with van der Waals surface area (Å²) in [5, 5.41) is 2.51. The maximum atomic E-state index is 2.48. The fourth-order valence-corrected chi connectivity index (χ4v) is 11.5. The molecule has 0 spiro atoms. The molecule has 8 aromatic rings. The maximum Gasteiger partial charge on any atom is 0.0561 e. The minimum absolute atomic E-state index is 0.0301. The Hall–Kier alpha value is -8.08. The first-order chi connectivity index (χ1) is 34.4. The Kier molecular flexibility index (Phi) is 11.2. The molecule has 4 heteroatoms. The number of aromatic nitrogens is 1. The largest absolute Gasteiger partial charge is 0.341 e. The van der Waals surface area contributed by atoms with E-state index in [0.717, 1.165) is 55.7 Å². The van der Waals surface area contributed by atoms with Gasteiger partial charge in [-0.1, -0.05) is 147 Å². The summed E-state index contributed by atoms with van der Waals surface area (Å²) >= 11 is 0. The molecule has 0 saturated carbocycles. The predicted molar refractivity (Wildman–Crippen MR) is 296 cm³/mol. The highest BCUT2D eigenvalue weighted by Crippen LogP contribution is 2.47. The number of nitrogens with zero attached hydrogens (tertiary/aromatic N) is 4. The van der Waals surface area contributed by atoms with Crippen LogP contribution in [0.15, 0.2) is 253 Å². The Morgan fingerprint density at radius 3 is 2.01 bits per heavy atom. The third-order valence-corrected chi connectivity index (χ3v) is 15.1. The summed E-state index contributed by atoms with van der Waals surface area (Å²) in [6.07, 6.45) is 25.6. The molecule has 0 N–H and O–H groups in total. The molecule has 0 saturated heterocycles. The Balaban J connectivity index is 0.930. The van der Waals surface area contributed by atoms with Crippen LogP contribution in [-0.2, 0) is 18.3 Å². The summed E-state index contributed by atoms with van der Waals surface area (Å²) in [6.45, 7) is 7.83. The summed E-state index contributed by atoms with van der Waals surface area (Å²) in [6, 6.07) is 62.5. The van der Waals surface area contributed by atoms with Crippen LogP contribution < -0.4 is 14.7 Å². The zero-order valence-corrected chi connectivity index (χ0v) is 40.4. The molecular formula is C66H58N4. The van der Waals surface area contributed by atoms with E-state index in [2.05, 4.69) is 265 Å². The van der Waals surface area contributed by atoms with Crippen molar-refractivity contribution in [3.8, 4) is 5.69 Å². The number of rotatable bonds is 10. The van der Waals surface area contributed by atoms with Crippen LogP contribution in [0.4, 0.5) is 34.1 Å². The van der Waals surface area contributed by atoms with E-state index in [9.17, 15) is 0 Å². The lowest BCUT2D eigenvalue weighted by Gasteiger charge is -2.31. The summed E-state index contributed by atoms with van der Waals surface area (Å²) in [4.78, 5) is 7.42. The van der Waals surface area contributed by atoms with E-state index in [4.69, 9.17) is 0 Å². The van der Waals surface area contributed by atoms with Crippen LogP contribution in [-0.4, -0.2) is 11.1 Å². The number of hydrogen-bond acceptors (Lipinski definition) is 3. The molecule has 1 aromatic heterocycles. The Morgan fingerprint density at radius 1 is 0.543 bits per heavy atom. The molecule has 0 radical (unpaired) electrons. The van der Waals surface area contributed by atoms with Crippen molar-refractivity contribution in [2.24, 2.45) is 0 Å². The second-order valence-electron chi connectivity index (χ2n) is 19.5. The van der Waals surface area contributed by atoms with Gasteiger partial charge in [0, 0.05) is 73.9 Å². The summed E-state index contributed by atoms with van der Waals surface area (Å²) < 4.78 is 2.42. The van der Waals surface area contributed by atoms with E-state index in [-0.39, 0.29) is 5.41 Å². The number of allylic oxidation sites excluding steroid dienone is 13. The number of fused-ring (bicyclic) bond motifs is 5. The van der Waals surface area contributed by atoms with Crippen molar-refractivity contribution in [1.82, 2.24) is 4.57 Å². The molecule has 0 unspecified atom stereocenters. The van der Waals surface area contributed by atoms with Gasteiger partial charge in [0.05, 0.1) is 11.0 Å². The van der Waals surface area contributed by atoms with E-state index in [1.165, 1.54) is 89.3 Å². The average molecular weight is 907 g/mol. The van der Waals surface area contributed by atoms with Gasteiger partial charge >= 0.3 is 0 Å². The monoisotopic (exact) mass is 906 g/mol. The van der Waals surface area contributed by atoms with Crippen molar-refractivity contribution in [2.75, 3.05) is 21.2 Å². The molecular weight excluding hydrogens is 849 g/mol. The third kappa shape index (κ3) is 7.74. The van der Waals surface area contributed by atoms with Crippen LogP contribution in [0.2, 0.25) is 0 Å². The van der Waals surface area contributed by atoms with Crippen LogP contribution in [0.5, 0.6) is 0 Å². The molecule has 0 amide bonds. The SMILES string of the molecule is C/C=C\C=C1/Cc2cc(N(C3=CC=C(C4=CC=C(N(c5ccccc5)c5ccc6c(c5)N(c5ccccc5)CC6)CC4)CC=C3)c3ccc4c5ccccc5n(-c5ccccc5)c4c3)ccc2C1(C)C. The quantitative estimate of drug-likeness (QED) is 0.136. The third-order valence-electron chi connectivity index (χ3n) is 15.1. The minimum Gasteiger partial charge on any atom is -0.341 e. The molecule has 7 aromatic carbocycles. The van der Waals surface area contributed by atoms with Crippen molar-refractivity contribution in [2.45, 2.75) is 58.3 Å². The van der Waals surface area contributed by atoms with Crippen LogP contribution >= 0.6 is 0 Å². The molecule has 342 valence electrons. The van der Waals surface area contributed by atoms with Gasteiger partial charge in [0.15, 0.2) is 0 Å². The molecule has 70 heavy (non-hydrogen) atoms. The van der Waals surface area contributed by atoms with Crippen LogP contribution in [0.3, 0.4) is 0 Å². The van der Waals surface area contributed by atoms with Crippen molar-refractivity contribution in [1.29, 1.82) is 0 Å². The summed E-state index contributed by atoms with van der Waals surface area (Å²) in [7, 11) is 0. The van der Waals surface area contributed by atoms with E-state index >= 15 is 0 Å². The highest BCUT2D eigenvalue weighted by molar-refractivity contribution is 6.10. The van der Waals surface area contributed by atoms with Gasteiger partial charge < -0.3 is 19.3 Å². The highest BCUT2D eigenvalue weighted by atomic mass is 15.2. The Labute approximate surface area is 413 Å². The molecule has 4 nitrogen and oxygen atoms in total. The molecule has 1 aliphatic heterocycles. The standard InChI is InChI=1S/C66H58N4/c1-4-5-19-51-43-50-44-57(38-40-62(50)66(51,2)3)69(59-37-39-61-60-27-15-16-28-63(60)70(65(61)46-59)54-24-13-8-14-25-54)55-26-17-18-47(29-33-55)48-30-34-56(35-31-48)68(53-22-11-7-12-23-53)58-36-32-49-41-42-67(64(49)45-58)52-20-9-6-10-21-52/h4-17,19-30,32-34,36-40,44-46H,18,31,35,41-43H2,1-3H3/b5-4-,51-19+. The lowest BCUT2D eigenvalue weighted by atomic mass is 9.82. The molecule has 4 aliphatic rings. The fourth-order valence-electron chi connectivity index (χ4n) is 11.5. The van der Waals surface area contributed by atoms with Gasteiger partial charge in [-0.2, -0.15) is 0 Å². The predicted octanol–water partition coefficient (Wildman–Crippen LogP) is 17.2. The van der Waals surface area contributed by atoms with Crippen molar-refractivity contribution < 1.29 is 0 Å². The van der Waals surface area contributed by atoms with Crippen LogP contribution in [0, 0.1) is 0 Å². The maximum absolute atomic E-state index is 2.48. The number of benzene rings is 7. The Bertz CT molecular complexity index is 3520. The molecule has 12 rings (SSSR count).